The van der Waals surface area contributed by atoms with Gasteiger partial charge in [0.1, 0.15) is 0 Å². The van der Waals surface area contributed by atoms with Crippen LogP contribution in [0.1, 0.15) is 24.8 Å². The minimum Gasteiger partial charge on any atom is -0.126 e. The van der Waals surface area contributed by atoms with Crippen LogP contribution in [0.25, 0.3) is 0 Å². The van der Waals surface area contributed by atoms with Crippen LogP contribution in [-0.4, -0.2) is 5.88 Å². The standard InChI is InChI=1S/C14H15Cl3/c15-8-14(5-9-3-10(9)6-14)7-11-4-12(16)1-2-13(11)17/h1-2,4,9-10H,3,5-8H2. The summed E-state index contributed by atoms with van der Waals surface area (Å²) in [5.74, 6) is 2.61. The molecule has 3 heteroatoms. The third-order valence-corrected chi connectivity index (χ3v) is 5.49. The highest BCUT2D eigenvalue weighted by molar-refractivity contribution is 6.33. The molecule has 2 saturated carbocycles. The molecule has 0 aromatic heterocycles. The summed E-state index contributed by atoms with van der Waals surface area (Å²) in [5, 5.41) is 1.58. The van der Waals surface area contributed by atoms with Crippen LogP contribution in [0.15, 0.2) is 18.2 Å². The van der Waals surface area contributed by atoms with Crippen LogP contribution in [0.2, 0.25) is 10.0 Å². The van der Waals surface area contributed by atoms with E-state index in [0.29, 0.717) is 0 Å². The molecule has 2 fully saturated rings. The number of hydrogen-bond donors (Lipinski definition) is 0. The number of halogens is 3. The second-order valence-electron chi connectivity index (χ2n) is 5.71. The Labute approximate surface area is 117 Å². The molecule has 0 bridgehead atoms. The van der Waals surface area contributed by atoms with Crippen LogP contribution in [0.5, 0.6) is 0 Å². The van der Waals surface area contributed by atoms with E-state index in [9.17, 15) is 0 Å². The fourth-order valence-corrected chi connectivity index (χ4v) is 4.08. The molecular weight excluding hydrogens is 275 g/mol. The molecule has 2 aliphatic carbocycles. The van der Waals surface area contributed by atoms with Crippen molar-refractivity contribution in [1.82, 2.24) is 0 Å². The van der Waals surface area contributed by atoms with Crippen molar-refractivity contribution in [2.24, 2.45) is 17.3 Å². The Hall–Kier alpha value is 0.0900. The van der Waals surface area contributed by atoms with E-state index in [0.717, 1.165) is 39.7 Å². The van der Waals surface area contributed by atoms with Crippen molar-refractivity contribution in [3.8, 4) is 0 Å². The summed E-state index contributed by atoms with van der Waals surface area (Å²) in [6.45, 7) is 0. The van der Waals surface area contributed by atoms with Gasteiger partial charge < -0.3 is 0 Å². The molecule has 0 heterocycles. The lowest BCUT2D eigenvalue weighted by molar-refractivity contribution is 0.303. The molecule has 0 N–H and O–H groups in total. The van der Waals surface area contributed by atoms with E-state index in [4.69, 9.17) is 34.8 Å². The smallest absolute Gasteiger partial charge is 0.0439 e. The maximum atomic E-state index is 6.24. The van der Waals surface area contributed by atoms with Crippen molar-refractivity contribution in [2.45, 2.75) is 25.7 Å². The van der Waals surface area contributed by atoms with Gasteiger partial charge in [0.15, 0.2) is 0 Å². The Morgan fingerprint density at radius 1 is 1.18 bits per heavy atom. The van der Waals surface area contributed by atoms with Gasteiger partial charge in [-0.1, -0.05) is 23.2 Å². The Morgan fingerprint density at radius 2 is 1.88 bits per heavy atom. The SMILES string of the molecule is ClCC1(Cc2cc(Cl)ccc2Cl)CC2CC2C1. The second kappa shape index (κ2) is 4.33. The third kappa shape index (κ3) is 2.32. The molecule has 0 saturated heterocycles. The van der Waals surface area contributed by atoms with Crippen molar-refractivity contribution in [3.05, 3.63) is 33.8 Å². The fraction of sp³-hybridized carbons (Fsp3) is 0.571. The average molecular weight is 290 g/mol. The zero-order valence-corrected chi connectivity index (χ0v) is 11.8. The predicted molar refractivity (Wildman–Crippen MR) is 74.2 cm³/mol. The van der Waals surface area contributed by atoms with E-state index < -0.39 is 0 Å². The maximum absolute atomic E-state index is 6.24. The molecule has 1 aromatic carbocycles. The van der Waals surface area contributed by atoms with Gasteiger partial charge in [0.05, 0.1) is 0 Å². The molecular formula is C14H15Cl3. The largest absolute Gasteiger partial charge is 0.126 e. The third-order valence-electron chi connectivity index (χ3n) is 4.32. The molecule has 92 valence electrons. The van der Waals surface area contributed by atoms with Crippen LogP contribution in [0, 0.1) is 17.3 Å². The molecule has 17 heavy (non-hydrogen) atoms. The Morgan fingerprint density at radius 3 is 2.53 bits per heavy atom. The molecule has 0 radical (unpaired) electrons. The summed E-state index contributed by atoms with van der Waals surface area (Å²) in [5.41, 5.74) is 1.42. The molecule has 0 spiro atoms. The van der Waals surface area contributed by atoms with E-state index in [2.05, 4.69) is 0 Å². The summed E-state index contributed by atoms with van der Waals surface area (Å²) >= 11 is 18.5. The van der Waals surface area contributed by atoms with Crippen LogP contribution in [0.3, 0.4) is 0 Å². The van der Waals surface area contributed by atoms with Gasteiger partial charge in [-0.3, -0.25) is 0 Å². The summed E-state index contributed by atoms with van der Waals surface area (Å²) in [4.78, 5) is 0. The van der Waals surface area contributed by atoms with Gasteiger partial charge in [-0.05, 0) is 66.7 Å². The summed E-state index contributed by atoms with van der Waals surface area (Å²) in [7, 11) is 0. The lowest BCUT2D eigenvalue weighted by Crippen LogP contribution is -2.24. The monoisotopic (exact) mass is 288 g/mol. The van der Waals surface area contributed by atoms with E-state index in [1.165, 1.54) is 19.3 Å². The summed E-state index contributed by atoms with van der Waals surface area (Å²) in [6, 6.07) is 5.71. The fourth-order valence-electron chi connectivity index (χ4n) is 3.39. The van der Waals surface area contributed by atoms with Gasteiger partial charge in [0, 0.05) is 15.9 Å². The molecule has 0 aliphatic heterocycles. The quantitative estimate of drug-likeness (QED) is 0.672. The lowest BCUT2D eigenvalue weighted by atomic mass is 9.79. The highest BCUT2D eigenvalue weighted by Crippen LogP contribution is 2.61. The molecule has 0 nitrogen and oxygen atoms in total. The zero-order valence-electron chi connectivity index (χ0n) is 9.56. The van der Waals surface area contributed by atoms with Crippen LogP contribution in [0.4, 0.5) is 0 Å². The Bertz CT molecular complexity index is 431. The number of benzene rings is 1. The normalized spacial score (nSPS) is 34.8. The van der Waals surface area contributed by atoms with Crippen molar-refractivity contribution in [1.29, 1.82) is 0 Å². The van der Waals surface area contributed by atoms with Crippen molar-refractivity contribution < 1.29 is 0 Å². The van der Waals surface area contributed by atoms with Gasteiger partial charge in [-0.25, -0.2) is 0 Å². The second-order valence-corrected chi connectivity index (χ2v) is 6.82. The van der Waals surface area contributed by atoms with Crippen molar-refractivity contribution >= 4 is 34.8 Å². The number of hydrogen-bond acceptors (Lipinski definition) is 0. The first-order chi connectivity index (χ1) is 8.12. The number of fused-ring (bicyclic) bond motifs is 1. The first kappa shape index (κ1) is 12.1. The van der Waals surface area contributed by atoms with Crippen LogP contribution in [-0.2, 0) is 6.42 Å². The molecule has 0 amide bonds. The zero-order chi connectivity index (χ0) is 12.0. The van der Waals surface area contributed by atoms with E-state index in [1.807, 2.05) is 18.2 Å². The average Bonchev–Trinajstić information content (AvgIpc) is 2.92. The van der Waals surface area contributed by atoms with Gasteiger partial charge in [0.25, 0.3) is 0 Å². The first-order valence-corrected chi connectivity index (χ1v) is 7.41. The minimum atomic E-state index is 0.267. The molecule has 3 rings (SSSR count). The van der Waals surface area contributed by atoms with E-state index in [-0.39, 0.29) is 5.41 Å². The Kier molecular flexibility index (Phi) is 3.09. The summed E-state index contributed by atoms with van der Waals surface area (Å²) < 4.78 is 0. The minimum absolute atomic E-state index is 0.267. The van der Waals surface area contributed by atoms with Gasteiger partial charge >= 0.3 is 0 Å². The Balaban J connectivity index is 1.83. The predicted octanol–water partition coefficient (Wildman–Crippen LogP) is 5.19. The molecule has 1 aromatic rings. The first-order valence-electron chi connectivity index (χ1n) is 6.12. The van der Waals surface area contributed by atoms with Crippen molar-refractivity contribution in [2.75, 3.05) is 5.88 Å². The topological polar surface area (TPSA) is 0 Å². The van der Waals surface area contributed by atoms with Gasteiger partial charge in [-0.2, -0.15) is 0 Å². The summed E-state index contributed by atoms with van der Waals surface area (Å²) in [6.07, 6.45) is 4.93. The lowest BCUT2D eigenvalue weighted by Gasteiger charge is -2.29. The highest BCUT2D eigenvalue weighted by atomic mass is 35.5. The van der Waals surface area contributed by atoms with E-state index >= 15 is 0 Å². The highest BCUT2D eigenvalue weighted by Gasteiger charge is 2.53. The van der Waals surface area contributed by atoms with E-state index in [1.54, 1.807) is 0 Å². The van der Waals surface area contributed by atoms with Gasteiger partial charge in [-0.15, -0.1) is 11.6 Å². The molecule has 2 aliphatic rings. The van der Waals surface area contributed by atoms with Gasteiger partial charge in [0.2, 0.25) is 0 Å². The van der Waals surface area contributed by atoms with Crippen molar-refractivity contribution in [3.63, 3.8) is 0 Å². The maximum Gasteiger partial charge on any atom is 0.0439 e. The molecule has 2 atom stereocenters. The number of rotatable bonds is 3. The molecule has 2 unspecified atom stereocenters. The van der Waals surface area contributed by atoms with Crippen LogP contribution >= 0.6 is 34.8 Å². The number of alkyl halides is 1. The van der Waals surface area contributed by atoms with Crippen LogP contribution < -0.4 is 0 Å².